The van der Waals surface area contributed by atoms with Crippen LogP contribution < -0.4 is 10.9 Å². The maximum absolute atomic E-state index is 13.3. The molecule has 8 heteroatoms. The molecule has 3 aromatic carbocycles. The number of rotatable bonds is 9. The molecule has 0 aliphatic rings. The molecule has 5 rings (SSSR count). The number of hydrogen-bond donors (Lipinski definition) is 1. The molecule has 0 aliphatic carbocycles. The highest BCUT2D eigenvalue weighted by Gasteiger charge is 2.16. The Kier molecular flexibility index (Phi) is 7.40. The number of carbonyl (C=O) groups excluding carboxylic acids is 1. The van der Waals surface area contributed by atoms with Gasteiger partial charge in [-0.15, -0.1) is 0 Å². The summed E-state index contributed by atoms with van der Waals surface area (Å²) in [6.07, 6.45) is 2.37. The van der Waals surface area contributed by atoms with E-state index >= 15 is 0 Å². The fourth-order valence-corrected chi connectivity index (χ4v) is 4.70. The highest BCUT2D eigenvalue weighted by atomic mass is 19.1. The van der Waals surface area contributed by atoms with Gasteiger partial charge in [-0.3, -0.25) is 14.2 Å². The van der Waals surface area contributed by atoms with Crippen molar-refractivity contribution in [3.63, 3.8) is 0 Å². The predicted molar refractivity (Wildman–Crippen MR) is 145 cm³/mol. The average molecular weight is 510 g/mol. The molecule has 1 N–H and O–H groups in total. The summed E-state index contributed by atoms with van der Waals surface area (Å²) in [7, 11) is 0. The average Bonchev–Trinajstić information content (AvgIpc) is 3.36. The van der Waals surface area contributed by atoms with Crippen molar-refractivity contribution in [3.8, 4) is 5.69 Å². The first-order valence-electron chi connectivity index (χ1n) is 12.6. The molecule has 0 saturated heterocycles. The first-order chi connectivity index (χ1) is 18.5. The molecule has 192 valence electrons. The van der Waals surface area contributed by atoms with Gasteiger partial charge in [0.05, 0.1) is 11.9 Å². The molecule has 0 spiro atoms. The van der Waals surface area contributed by atoms with Gasteiger partial charge in [0.15, 0.2) is 5.65 Å². The van der Waals surface area contributed by atoms with Crippen molar-refractivity contribution >= 4 is 16.9 Å². The zero-order chi connectivity index (χ0) is 26.5. The molecule has 0 bridgehead atoms. The lowest BCUT2D eigenvalue weighted by atomic mass is 9.88. The summed E-state index contributed by atoms with van der Waals surface area (Å²) >= 11 is 0. The zero-order valence-electron chi connectivity index (χ0n) is 21.0. The van der Waals surface area contributed by atoms with Crippen LogP contribution in [0.3, 0.4) is 0 Å². The fraction of sp³-hybridized carbons (Fsp3) is 0.200. The largest absolute Gasteiger partial charge is 0.356 e. The van der Waals surface area contributed by atoms with E-state index in [4.69, 9.17) is 0 Å². The Morgan fingerprint density at radius 1 is 0.947 bits per heavy atom. The third kappa shape index (κ3) is 5.39. The van der Waals surface area contributed by atoms with Gasteiger partial charge in [0.25, 0.3) is 5.56 Å². The van der Waals surface area contributed by atoms with E-state index in [0.717, 1.165) is 6.42 Å². The number of fused-ring (bicyclic) bond motifs is 1. The van der Waals surface area contributed by atoms with Gasteiger partial charge in [-0.1, -0.05) is 60.7 Å². The van der Waals surface area contributed by atoms with Crippen LogP contribution in [-0.4, -0.2) is 31.8 Å². The molecule has 2 aromatic heterocycles. The summed E-state index contributed by atoms with van der Waals surface area (Å²) in [6, 6.07) is 26.3. The highest BCUT2D eigenvalue weighted by molar-refractivity contribution is 5.76. The van der Waals surface area contributed by atoms with Crippen molar-refractivity contribution in [1.29, 1.82) is 0 Å². The second kappa shape index (κ2) is 11.2. The van der Waals surface area contributed by atoms with Crippen molar-refractivity contribution in [2.75, 3.05) is 6.54 Å². The van der Waals surface area contributed by atoms with Crippen molar-refractivity contribution in [2.24, 2.45) is 0 Å². The third-order valence-corrected chi connectivity index (χ3v) is 6.67. The Balaban J connectivity index is 1.24. The molecular weight excluding hydrogens is 481 g/mol. The molecule has 0 aliphatic heterocycles. The van der Waals surface area contributed by atoms with Crippen LogP contribution in [0.25, 0.3) is 16.7 Å². The molecule has 0 unspecified atom stereocenters. The summed E-state index contributed by atoms with van der Waals surface area (Å²) in [5.74, 6) is 0.170. The van der Waals surface area contributed by atoms with Gasteiger partial charge in [0.1, 0.15) is 17.0 Å². The summed E-state index contributed by atoms with van der Waals surface area (Å²) < 4.78 is 16.3. The second-order valence-electron chi connectivity index (χ2n) is 9.15. The van der Waals surface area contributed by atoms with E-state index in [9.17, 15) is 14.0 Å². The van der Waals surface area contributed by atoms with Gasteiger partial charge in [-0.2, -0.15) is 5.10 Å². The molecule has 0 fully saturated rings. The standard InChI is InChI=1S/C30H28FN5O2/c1-21-34-29-27(20-33-36(29)25-14-12-24(31)13-15-25)30(38)35(21)19-17-28(37)32-18-16-26(22-8-4-2-5-9-22)23-10-6-3-7-11-23/h2-15,20,26H,16-19H2,1H3,(H,32,37). The minimum Gasteiger partial charge on any atom is -0.356 e. The number of carbonyl (C=O) groups is 1. The summed E-state index contributed by atoms with van der Waals surface area (Å²) in [5.41, 5.74) is 3.15. The monoisotopic (exact) mass is 509 g/mol. The summed E-state index contributed by atoms with van der Waals surface area (Å²) in [4.78, 5) is 30.4. The van der Waals surface area contributed by atoms with Gasteiger partial charge in [-0.05, 0) is 48.7 Å². The Morgan fingerprint density at radius 2 is 1.58 bits per heavy atom. The van der Waals surface area contributed by atoms with Gasteiger partial charge >= 0.3 is 0 Å². The quantitative estimate of drug-likeness (QED) is 0.311. The zero-order valence-corrected chi connectivity index (χ0v) is 21.0. The number of nitrogens with zero attached hydrogens (tertiary/aromatic N) is 4. The van der Waals surface area contributed by atoms with E-state index in [1.807, 2.05) is 36.4 Å². The van der Waals surface area contributed by atoms with Crippen molar-refractivity contribution in [1.82, 2.24) is 24.6 Å². The normalized spacial score (nSPS) is 11.2. The van der Waals surface area contributed by atoms with E-state index in [-0.39, 0.29) is 36.2 Å². The number of aromatic nitrogens is 4. The van der Waals surface area contributed by atoms with Crippen LogP contribution in [0.15, 0.2) is 95.9 Å². The van der Waals surface area contributed by atoms with Gasteiger partial charge < -0.3 is 5.32 Å². The smallest absolute Gasteiger partial charge is 0.264 e. The van der Waals surface area contributed by atoms with E-state index in [0.29, 0.717) is 29.1 Å². The first-order valence-corrected chi connectivity index (χ1v) is 12.6. The minimum absolute atomic E-state index is 0.127. The molecule has 38 heavy (non-hydrogen) atoms. The number of benzene rings is 3. The Bertz CT molecular complexity index is 1560. The molecular formula is C30H28FN5O2. The van der Waals surface area contributed by atoms with E-state index in [1.54, 1.807) is 19.1 Å². The lowest BCUT2D eigenvalue weighted by Crippen LogP contribution is -2.30. The Labute approximate surface area is 219 Å². The number of aryl methyl sites for hydroxylation is 1. The maximum atomic E-state index is 13.3. The van der Waals surface area contributed by atoms with Crippen LogP contribution in [0.2, 0.25) is 0 Å². The van der Waals surface area contributed by atoms with Crippen LogP contribution >= 0.6 is 0 Å². The number of nitrogens with one attached hydrogen (secondary N) is 1. The highest BCUT2D eigenvalue weighted by Crippen LogP contribution is 2.27. The third-order valence-electron chi connectivity index (χ3n) is 6.67. The second-order valence-corrected chi connectivity index (χ2v) is 9.15. The van der Waals surface area contributed by atoms with Gasteiger partial charge in [0.2, 0.25) is 5.91 Å². The number of halogens is 1. The Morgan fingerprint density at radius 3 is 2.21 bits per heavy atom. The van der Waals surface area contributed by atoms with Crippen LogP contribution in [0, 0.1) is 12.7 Å². The molecule has 0 radical (unpaired) electrons. The lowest BCUT2D eigenvalue weighted by Gasteiger charge is -2.18. The van der Waals surface area contributed by atoms with Gasteiger partial charge in [-0.25, -0.2) is 14.1 Å². The number of hydrogen-bond acceptors (Lipinski definition) is 4. The molecule has 5 aromatic rings. The number of amides is 1. The van der Waals surface area contributed by atoms with Crippen LogP contribution in [0.4, 0.5) is 4.39 Å². The van der Waals surface area contributed by atoms with E-state index < -0.39 is 0 Å². The van der Waals surface area contributed by atoms with Crippen molar-refractivity contribution < 1.29 is 9.18 Å². The summed E-state index contributed by atoms with van der Waals surface area (Å²) in [5, 5.41) is 7.63. The maximum Gasteiger partial charge on any atom is 0.264 e. The van der Waals surface area contributed by atoms with Crippen LogP contribution in [0.1, 0.15) is 35.7 Å². The molecule has 1 amide bonds. The lowest BCUT2D eigenvalue weighted by molar-refractivity contribution is -0.121. The van der Waals surface area contributed by atoms with Crippen LogP contribution in [0.5, 0.6) is 0 Å². The van der Waals surface area contributed by atoms with E-state index in [1.165, 1.54) is 38.7 Å². The Hall–Kier alpha value is -4.59. The topological polar surface area (TPSA) is 81.8 Å². The van der Waals surface area contributed by atoms with Crippen molar-refractivity contribution in [2.45, 2.75) is 32.2 Å². The van der Waals surface area contributed by atoms with E-state index in [2.05, 4.69) is 39.7 Å². The molecule has 0 atom stereocenters. The molecule has 2 heterocycles. The van der Waals surface area contributed by atoms with Crippen LogP contribution in [-0.2, 0) is 11.3 Å². The van der Waals surface area contributed by atoms with Gasteiger partial charge in [0, 0.05) is 25.4 Å². The minimum atomic E-state index is -0.356. The van der Waals surface area contributed by atoms with Crippen molar-refractivity contribution in [3.05, 3.63) is 124 Å². The predicted octanol–water partition coefficient (Wildman–Crippen LogP) is 4.76. The fourth-order valence-electron chi connectivity index (χ4n) is 4.70. The summed E-state index contributed by atoms with van der Waals surface area (Å²) in [6.45, 7) is 2.45. The molecule has 0 saturated carbocycles. The molecule has 7 nitrogen and oxygen atoms in total. The SMILES string of the molecule is Cc1nc2c(cnn2-c2ccc(F)cc2)c(=O)n1CCC(=O)NCCC(c1ccccc1)c1ccccc1. The first kappa shape index (κ1) is 25.1.